The third kappa shape index (κ3) is 5.32. The van der Waals surface area contributed by atoms with Crippen LogP contribution in [0, 0.1) is 13.7 Å². The fourth-order valence-corrected chi connectivity index (χ4v) is 3.44. The van der Waals surface area contributed by atoms with Gasteiger partial charge in [-0.2, -0.15) is 5.10 Å². The first kappa shape index (κ1) is 22.5. The van der Waals surface area contributed by atoms with E-state index >= 15 is 0 Å². The maximum atomic E-state index is 12.3. The van der Waals surface area contributed by atoms with Crippen LogP contribution in [0.1, 0.15) is 36.4 Å². The van der Waals surface area contributed by atoms with Crippen LogP contribution in [0.25, 0.3) is 11.0 Å². The quantitative estimate of drug-likeness (QED) is 0.189. The van der Waals surface area contributed by atoms with Crippen molar-refractivity contribution in [2.75, 3.05) is 7.11 Å². The molecule has 2 aromatic carbocycles. The summed E-state index contributed by atoms with van der Waals surface area (Å²) in [6.07, 6.45) is 2.39. The van der Waals surface area contributed by atoms with Gasteiger partial charge in [0.15, 0.2) is 17.3 Å². The molecule has 0 aliphatic carbocycles. The summed E-state index contributed by atoms with van der Waals surface area (Å²) < 4.78 is 17.6. The number of nitro groups is 1. The number of benzene rings is 2. The van der Waals surface area contributed by atoms with Crippen molar-refractivity contribution in [2.45, 2.75) is 26.4 Å². The van der Waals surface area contributed by atoms with Crippen molar-refractivity contribution < 1.29 is 23.6 Å². The molecular weight excluding hydrogens is 517 g/mol. The van der Waals surface area contributed by atoms with Gasteiger partial charge in [0.1, 0.15) is 5.58 Å². The Labute approximate surface area is 191 Å². The highest BCUT2D eigenvalue weighted by molar-refractivity contribution is 14.1. The highest BCUT2D eigenvalue weighted by Crippen LogP contribution is 2.34. The number of hydrazone groups is 1. The van der Waals surface area contributed by atoms with Gasteiger partial charge in [0.2, 0.25) is 0 Å². The molecule has 9 nitrogen and oxygen atoms in total. The van der Waals surface area contributed by atoms with E-state index in [0.29, 0.717) is 28.0 Å². The van der Waals surface area contributed by atoms with Gasteiger partial charge in [0.25, 0.3) is 5.69 Å². The second-order valence-corrected chi connectivity index (χ2v) is 7.82. The number of carbonyl (C=O) groups excluding carboxylic acids is 1. The topological polar surface area (TPSA) is 116 Å². The highest BCUT2D eigenvalue weighted by atomic mass is 127. The molecule has 1 aromatic heterocycles. The molecule has 0 bridgehead atoms. The predicted octanol–water partition coefficient (Wildman–Crippen LogP) is 4.90. The fourth-order valence-electron chi connectivity index (χ4n) is 2.69. The number of ether oxygens (including phenoxy) is 2. The molecular formula is C21H20IN3O6. The van der Waals surface area contributed by atoms with Crippen LogP contribution in [-0.4, -0.2) is 30.3 Å². The van der Waals surface area contributed by atoms with E-state index in [-0.39, 0.29) is 17.6 Å². The molecule has 0 aliphatic heterocycles. The monoisotopic (exact) mass is 537 g/mol. The molecule has 0 unspecified atom stereocenters. The van der Waals surface area contributed by atoms with Crippen molar-refractivity contribution in [3.63, 3.8) is 0 Å². The third-order valence-electron chi connectivity index (χ3n) is 4.46. The number of hydrogen-bond acceptors (Lipinski definition) is 7. The summed E-state index contributed by atoms with van der Waals surface area (Å²) >= 11 is 2.16. The Morgan fingerprint density at radius 1 is 1.35 bits per heavy atom. The number of halogens is 1. The van der Waals surface area contributed by atoms with Gasteiger partial charge in [-0.05, 0) is 65.8 Å². The lowest BCUT2D eigenvalue weighted by molar-refractivity contribution is -0.384. The molecule has 1 amide bonds. The summed E-state index contributed by atoms with van der Waals surface area (Å²) in [5.41, 5.74) is 3.38. The van der Waals surface area contributed by atoms with E-state index in [9.17, 15) is 14.9 Å². The smallest absolute Gasteiger partial charge is 0.307 e. The van der Waals surface area contributed by atoms with Crippen LogP contribution in [0.3, 0.4) is 0 Å². The number of nitrogens with zero attached hydrogens (tertiary/aromatic N) is 2. The Bertz CT molecular complexity index is 1160. The van der Waals surface area contributed by atoms with Crippen molar-refractivity contribution in [1.29, 1.82) is 0 Å². The number of nitrogens with one attached hydrogen (secondary N) is 1. The first-order valence-corrected chi connectivity index (χ1v) is 10.5. The molecule has 1 N–H and O–H groups in total. The van der Waals surface area contributed by atoms with Gasteiger partial charge in [-0.15, -0.1) is 0 Å². The van der Waals surface area contributed by atoms with Crippen LogP contribution >= 0.6 is 22.6 Å². The predicted molar refractivity (Wildman–Crippen MR) is 124 cm³/mol. The van der Waals surface area contributed by atoms with E-state index in [4.69, 9.17) is 13.9 Å². The average molecular weight is 537 g/mol. The van der Waals surface area contributed by atoms with Gasteiger partial charge < -0.3 is 13.9 Å². The summed E-state index contributed by atoms with van der Waals surface area (Å²) in [6.45, 7) is 4.02. The Balaban J connectivity index is 1.74. The zero-order valence-electron chi connectivity index (χ0n) is 17.0. The number of carbonyl (C=O) groups is 1. The number of methoxy groups -OCH3 is 1. The largest absolute Gasteiger partial charge is 0.493 e. The number of fused-ring (bicyclic) bond motifs is 1. The molecule has 162 valence electrons. The lowest BCUT2D eigenvalue weighted by atomic mass is 10.2. The summed E-state index contributed by atoms with van der Waals surface area (Å²) in [4.78, 5) is 22.7. The molecule has 0 saturated heterocycles. The van der Waals surface area contributed by atoms with Crippen LogP contribution in [0.5, 0.6) is 11.5 Å². The molecule has 0 aliphatic rings. The Morgan fingerprint density at radius 2 is 2.13 bits per heavy atom. The number of amides is 1. The maximum Gasteiger partial charge on any atom is 0.307 e. The van der Waals surface area contributed by atoms with E-state index in [1.165, 1.54) is 30.5 Å². The van der Waals surface area contributed by atoms with Gasteiger partial charge in [-0.25, -0.2) is 5.43 Å². The lowest BCUT2D eigenvalue weighted by Crippen LogP contribution is -2.16. The van der Waals surface area contributed by atoms with E-state index in [1.54, 1.807) is 13.2 Å². The zero-order valence-corrected chi connectivity index (χ0v) is 19.2. The number of furan rings is 1. The lowest BCUT2D eigenvalue weighted by Gasteiger charge is -2.17. The van der Waals surface area contributed by atoms with E-state index in [2.05, 4.69) is 33.1 Å². The molecule has 1 atom stereocenters. The van der Waals surface area contributed by atoms with E-state index in [1.807, 2.05) is 19.9 Å². The molecule has 10 heteroatoms. The normalized spacial score (nSPS) is 12.1. The van der Waals surface area contributed by atoms with Crippen molar-refractivity contribution >= 4 is 51.4 Å². The minimum absolute atomic E-state index is 0.00268. The van der Waals surface area contributed by atoms with Gasteiger partial charge in [0, 0.05) is 17.5 Å². The SMILES string of the molecule is CC[C@@H](C)Oc1c(I)cc(/C=N\NC(=O)c2cc3cc([N+](=O)[O-])ccc3o2)cc1OC. The first-order chi connectivity index (χ1) is 14.8. The van der Waals surface area contributed by atoms with Crippen LogP contribution in [0.4, 0.5) is 5.69 Å². The first-order valence-electron chi connectivity index (χ1n) is 9.38. The number of nitro benzene ring substituents is 1. The number of rotatable bonds is 8. The minimum atomic E-state index is -0.575. The Morgan fingerprint density at radius 3 is 2.81 bits per heavy atom. The summed E-state index contributed by atoms with van der Waals surface area (Å²) in [5, 5.41) is 15.3. The molecule has 3 aromatic rings. The minimum Gasteiger partial charge on any atom is -0.493 e. The zero-order chi connectivity index (χ0) is 22.5. The van der Waals surface area contributed by atoms with Crippen molar-refractivity contribution in [1.82, 2.24) is 5.43 Å². The highest BCUT2D eigenvalue weighted by Gasteiger charge is 2.16. The summed E-state index contributed by atoms with van der Waals surface area (Å²) in [5.74, 6) is 0.652. The van der Waals surface area contributed by atoms with Gasteiger partial charge in [-0.1, -0.05) is 6.92 Å². The Kier molecular flexibility index (Phi) is 7.10. The van der Waals surface area contributed by atoms with Crippen molar-refractivity contribution in [3.05, 3.63) is 61.4 Å². The van der Waals surface area contributed by atoms with Crippen LogP contribution in [0.2, 0.25) is 0 Å². The Hall–Kier alpha value is -3.15. The van der Waals surface area contributed by atoms with E-state index in [0.717, 1.165) is 9.99 Å². The molecule has 3 rings (SSSR count). The number of hydrogen-bond donors (Lipinski definition) is 1. The van der Waals surface area contributed by atoms with Gasteiger partial charge in [0.05, 0.1) is 27.9 Å². The maximum absolute atomic E-state index is 12.3. The molecule has 0 radical (unpaired) electrons. The molecule has 0 fully saturated rings. The van der Waals surface area contributed by atoms with Crippen LogP contribution in [0.15, 0.2) is 45.9 Å². The van der Waals surface area contributed by atoms with Gasteiger partial charge in [-0.3, -0.25) is 14.9 Å². The third-order valence-corrected chi connectivity index (χ3v) is 5.26. The molecule has 31 heavy (non-hydrogen) atoms. The summed E-state index contributed by atoms with van der Waals surface area (Å²) in [7, 11) is 1.56. The van der Waals surface area contributed by atoms with Crippen LogP contribution < -0.4 is 14.9 Å². The second-order valence-electron chi connectivity index (χ2n) is 6.66. The molecule has 1 heterocycles. The van der Waals surface area contributed by atoms with Crippen molar-refractivity contribution in [2.24, 2.45) is 5.10 Å². The fraction of sp³-hybridized carbons (Fsp3) is 0.238. The molecule has 0 saturated carbocycles. The average Bonchev–Trinajstić information content (AvgIpc) is 3.18. The summed E-state index contributed by atoms with van der Waals surface area (Å²) in [6, 6.07) is 9.16. The van der Waals surface area contributed by atoms with Crippen molar-refractivity contribution in [3.8, 4) is 11.5 Å². The van der Waals surface area contributed by atoms with E-state index < -0.39 is 10.8 Å². The number of non-ortho nitro benzene ring substituents is 1. The van der Waals surface area contributed by atoms with Crippen LogP contribution in [-0.2, 0) is 0 Å². The second kappa shape index (κ2) is 9.77. The standard InChI is InChI=1S/C21H20IN3O6/c1-4-12(2)30-20-16(22)7-13(8-18(20)29-3)11-23-24-21(26)19-10-14-9-15(25(27)28)5-6-17(14)31-19/h5-12H,4H2,1-3H3,(H,24,26)/b23-11-/t12-/m1/s1. The van der Waals surface area contributed by atoms with Gasteiger partial charge >= 0.3 is 5.91 Å². The molecule has 0 spiro atoms.